The third-order valence-electron chi connectivity index (χ3n) is 3.74. The van der Waals surface area contributed by atoms with E-state index >= 15 is 0 Å². The summed E-state index contributed by atoms with van der Waals surface area (Å²) in [6.45, 7) is 2.06. The van der Waals surface area contributed by atoms with Crippen molar-refractivity contribution in [1.29, 1.82) is 5.26 Å². The van der Waals surface area contributed by atoms with Crippen LogP contribution in [0.5, 0.6) is 5.75 Å². The normalized spacial score (nSPS) is 10.7. The number of aryl methyl sites for hydroxylation is 1. The van der Waals surface area contributed by atoms with Crippen LogP contribution in [0.4, 0.5) is 5.69 Å². The first-order chi connectivity index (χ1) is 11.7. The van der Waals surface area contributed by atoms with Gasteiger partial charge in [0.2, 0.25) is 0 Å². The molecule has 0 radical (unpaired) electrons. The number of benzene rings is 2. The van der Waals surface area contributed by atoms with Crippen molar-refractivity contribution in [2.45, 2.75) is 6.92 Å². The summed E-state index contributed by atoms with van der Waals surface area (Å²) in [6, 6.07) is 19.3. The van der Waals surface area contributed by atoms with E-state index in [0.29, 0.717) is 5.56 Å². The summed E-state index contributed by atoms with van der Waals surface area (Å²) in [6.07, 6.45) is 3.87. The molecule has 0 aliphatic carbocycles. The quantitative estimate of drug-likeness (QED) is 0.669. The summed E-state index contributed by atoms with van der Waals surface area (Å²) < 4.78 is 7.30. The third kappa shape index (κ3) is 3.36. The number of nitriles is 1. The molecule has 0 fully saturated rings. The largest absolute Gasteiger partial charge is 0.497 e. The summed E-state index contributed by atoms with van der Waals surface area (Å²) >= 11 is 0. The van der Waals surface area contributed by atoms with E-state index < -0.39 is 0 Å². The number of hydrogen-bond acceptors (Lipinski definition) is 3. The van der Waals surface area contributed by atoms with Crippen LogP contribution in [0.15, 0.2) is 65.8 Å². The molecule has 0 aliphatic heterocycles. The van der Waals surface area contributed by atoms with Gasteiger partial charge in [0.25, 0.3) is 0 Å². The number of rotatable bonds is 4. The van der Waals surface area contributed by atoms with Crippen molar-refractivity contribution in [3.05, 3.63) is 77.6 Å². The van der Waals surface area contributed by atoms with Gasteiger partial charge in [-0.3, -0.25) is 4.99 Å². The second-order valence-electron chi connectivity index (χ2n) is 5.40. The fourth-order valence-corrected chi connectivity index (χ4v) is 2.46. The van der Waals surface area contributed by atoms with Gasteiger partial charge in [0.1, 0.15) is 5.75 Å². The van der Waals surface area contributed by atoms with Gasteiger partial charge in [-0.05, 0) is 61.5 Å². The highest BCUT2D eigenvalue weighted by molar-refractivity contribution is 5.82. The molecule has 0 aliphatic rings. The highest BCUT2D eigenvalue weighted by atomic mass is 16.5. The molecule has 24 heavy (non-hydrogen) atoms. The monoisotopic (exact) mass is 315 g/mol. The second-order valence-corrected chi connectivity index (χ2v) is 5.40. The van der Waals surface area contributed by atoms with Gasteiger partial charge in [-0.15, -0.1) is 0 Å². The van der Waals surface area contributed by atoms with E-state index in [1.54, 1.807) is 19.2 Å². The van der Waals surface area contributed by atoms with Gasteiger partial charge in [0, 0.05) is 29.4 Å². The van der Waals surface area contributed by atoms with E-state index in [0.717, 1.165) is 28.4 Å². The lowest BCUT2D eigenvalue weighted by atomic mass is 10.2. The van der Waals surface area contributed by atoms with Gasteiger partial charge < -0.3 is 9.30 Å². The van der Waals surface area contributed by atoms with Gasteiger partial charge in [-0.25, -0.2) is 0 Å². The Morgan fingerprint density at radius 1 is 1.08 bits per heavy atom. The van der Waals surface area contributed by atoms with Crippen molar-refractivity contribution in [3.63, 3.8) is 0 Å². The lowest BCUT2D eigenvalue weighted by Crippen LogP contribution is -1.94. The summed E-state index contributed by atoms with van der Waals surface area (Å²) in [4.78, 5) is 4.46. The van der Waals surface area contributed by atoms with E-state index in [9.17, 15) is 0 Å². The van der Waals surface area contributed by atoms with Crippen LogP contribution < -0.4 is 4.74 Å². The van der Waals surface area contributed by atoms with Gasteiger partial charge in [0.05, 0.1) is 24.4 Å². The first-order valence-electron chi connectivity index (χ1n) is 7.57. The van der Waals surface area contributed by atoms with E-state index in [-0.39, 0.29) is 0 Å². The third-order valence-corrected chi connectivity index (χ3v) is 3.74. The number of aromatic nitrogens is 1. The number of aliphatic imine (C=N–C) groups is 1. The van der Waals surface area contributed by atoms with Gasteiger partial charge in [-0.1, -0.05) is 0 Å². The molecule has 0 atom stereocenters. The van der Waals surface area contributed by atoms with Crippen molar-refractivity contribution in [3.8, 4) is 17.5 Å². The molecule has 3 aromatic rings. The molecular weight excluding hydrogens is 298 g/mol. The van der Waals surface area contributed by atoms with Gasteiger partial charge in [0.15, 0.2) is 0 Å². The van der Waals surface area contributed by atoms with Crippen molar-refractivity contribution in [1.82, 2.24) is 4.57 Å². The molecule has 0 spiro atoms. The fraction of sp³-hybridized carbons (Fsp3) is 0.100. The molecule has 1 heterocycles. The maximum Gasteiger partial charge on any atom is 0.119 e. The Bertz CT molecular complexity index is 898. The molecule has 0 N–H and O–H groups in total. The van der Waals surface area contributed by atoms with Crippen molar-refractivity contribution < 1.29 is 4.74 Å². The Hall–Kier alpha value is -3.32. The smallest absolute Gasteiger partial charge is 0.119 e. The SMILES string of the molecule is COc1ccc(-n2cc(C=Nc3ccc(C#N)cc3)cc2C)cc1. The van der Waals surface area contributed by atoms with Gasteiger partial charge in [-0.2, -0.15) is 5.26 Å². The Morgan fingerprint density at radius 2 is 1.79 bits per heavy atom. The Morgan fingerprint density at radius 3 is 2.42 bits per heavy atom. The number of hydrogen-bond donors (Lipinski definition) is 0. The van der Waals surface area contributed by atoms with Crippen LogP contribution in [0, 0.1) is 18.3 Å². The number of methoxy groups -OCH3 is 1. The van der Waals surface area contributed by atoms with Gasteiger partial charge >= 0.3 is 0 Å². The molecule has 2 aromatic carbocycles. The van der Waals surface area contributed by atoms with E-state index in [1.807, 2.05) is 48.8 Å². The Balaban J connectivity index is 1.82. The van der Waals surface area contributed by atoms with Crippen molar-refractivity contribution in [2.75, 3.05) is 7.11 Å². The summed E-state index contributed by atoms with van der Waals surface area (Å²) in [7, 11) is 1.66. The predicted octanol–water partition coefficient (Wildman–Crippen LogP) is 4.42. The van der Waals surface area contributed by atoms with Crippen LogP contribution in [0.25, 0.3) is 5.69 Å². The average molecular weight is 315 g/mol. The highest BCUT2D eigenvalue weighted by Crippen LogP contribution is 2.19. The minimum atomic E-state index is 0.635. The summed E-state index contributed by atoms with van der Waals surface area (Å²) in [5.74, 6) is 0.839. The Labute approximate surface area is 141 Å². The van der Waals surface area contributed by atoms with Crippen LogP contribution in [0.1, 0.15) is 16.8 Å². The minimum absolute atomic E-state index is 0.635. The van der Waals surface area contributed by atoms with Crippen LogP contribution >= 0.6 is 0 Å². The van der Waals surface area contributed by atoms with Crippen LogP contribution in [-0.4, -0.2) is 17.9 Å². The first-order valence-corrected chi connectivity index (χ1v) is 7.57. The molecule has 0 bridgehead atoms. The van der Waals surface area contributed by atoms with Crippen LogP contribution in [0.3, 0.4) is 0 Å². The average Bonchev–Trinajstić information content (AvgIpc) is 3.01. The molecule has 0 saturated carbocycles. The molecular formula is C20H17N3O. The molecule has 0 saturated heterocycles. The Kier molecular flexibility index (Phi) is 4.44. The molecule has 118 valence electrons. The number of nitrogens with zero attached hydrogens (tertiary/aromatic N) is 3. The summed E-state index contributed by atoms with van der Waals surface area (Å²) in [5, 5.41) is 8.81. The van der Waals surface area contributed by atoms with Crippen LogP contribution in [-0.2, 0) is 0 Å². The second kappa shape index (κ2) is 6.84. The minimum Gasteiger partial charge on any atom is -0.497 e. The predicted molar refractivity (Wildman–Crippen MR) is 95.5 cm³/mol. The molecule has 3 rings (SSSR count). The lowest BCUT2D eigenvalue weighted by molar-refractivity contribution is 0.414. The molecule has 0 amide bonds. The fourth-order valence-electron chi connectivity index (χ4n) is 2.46. The lowest BCUT2D eigenvalue weighted by Gasteiger charge is -2.06. The molecule has 4 heteroatoms. The molecule has 1 aromatic heterocycles. The maximum absolute atomic E-state index is 8.81. The zero-order chi connectivity index (χ0) is 16.9. The van der Waals surface area contributed by atoms with E-state index in [1.165, 1.54) is 0 Å². The zero-order valence-corrected chi connectivity index (χ0v) is 13.6. The molecule has 4 nitrogen and oxygen atoms in total. The maximum atomic E-state index is 8.81. The first kappa shape index (κ1) is 15.6. The van der Waals surface area contributed by atoms with Crippen molar-refractivity contribution >= 4 is 11.9 Å². The van der Waals surface area contributed by atoms with E-state index in [2.05, 4.69) is 28.6 Å². The zero-order valence-electron chi connectivity index (χ0n) is 13.6. The van der Waals surface area contributed by atoms with Crippen molar-refractivity contribution in [2.24, 2.45) is 4.99 Å². The highest BCUT2D eigenvalue weighted by Gasteiger charge is 2.03. The number of ether oxygens (including phenoxy) is 1. The van der Waals surface area contributed by atoms with E-state index in [4.69, 9.17) is 10.00 Å². The standard InChI is InChI=1S/C20H17N3O/c1-15-11-17(13-22-18-5-3-16(12-21)4-6-18)14-23(15)19-7-9-20(24-2)10-8-19/h3-11,13-14H,1-2H3. The molecule has 0 unspecified atom stereocenters. The topological polar surface area (TPSA) is 50.3 Å². The van der Waals surface area contributed by atoms with Crippen LogP contribution in [0.2, 0.25) is 0 Å². The summed E-state index contributed by atoms with van der Waals surface area (Å²) in [5.41, 5.74) is 4.68.